The summed E-state index contributed by atoms with van der Waals surface area (Å²) in [4.78, 5) is 7.66. The topological polar surface area (TPSA) is 61.0 Å². The number of nitrogens with zero attached hydrogens (tertiary/aromatic N) is 2. The van der Waals surface area contributed by atoms with Crippen molar-refractivity contribution in [2.45, 2.75) is 6.92 Å². The Labute approximate surface area is 102 Å². The van der Waals surface area contributed by atoms with Crippen LogP contribution < -0.4 is 10.5 Å². The minimum Gasteiger partial charge on any atom is -0.435 e. The van der Waals surface area contributed by atoms with E-state index in [1.165, 1.54) is 18.3 Å². The third-order valence-corrected chi connectivity index (χ3v) is 2.36. The van der Waals surface area contributed by atoms with Crippen LogP contribution >= 0.6 is 11.6 Å². The first-order valence-corrected chi connectivity index (χ1v) is 5.16. The largest absolute Gasteiger partial charge is 0.435 e. The number of hydrogen-bond acceptors (Lipinski definition) is 4. The second kappa shape index (κ2) is 4.55. The van der Waals surface area contributed by atoms with E-state index in [0.29, 0.717) is 5.56 Å². The predicted octanol–water partition coefficient (Wildman–Crippen LogP) is 2.95. The molecule has 0 aliphatic rings. The van der Waals surface area contributed by atoms with Crippen LogP contribution in [0.5, 0.6) is 11.6 Å². The minimum atomic E-state index is -0.634. The number of rotatable bonds is 2. The molecule has 0 radical (unpaired) electrons. The lowest BCUT2D eigenvalue weighted by molar-refractivity contribution is 0.424. The highest BCUT2D eigenvalue weighted by molar-refractivity contribution is 6.30. The molecule has 1 aromatic heterocycles. The smallest absolute Gasteiger partial charge is 0.227 e. The van der Waals surface area contributed by atoms with E-state index < -0.39 is 5.82 Å². The lowest BCUT2D eigenvalue weighted by Gasteiger charge is -2.08. The first-order chi connectivity index (χ1) is 8.08. The van der Waals surface area contributed by atoms with Gasteiger partial charge in [0.15, 0.2) is 11.6 Å². The van der Waals surface area contributed by atoms with Crippen molar-refractivity contribution in [3.05, 3.63) is 40.8 Å². The average Bonchev–Trinajstić information content (AvgIpc) is 2.30. The van der Waals surface area contributed by atoms with Gasteiger partial charge in [0.05, 0.1) is 5.02 Å². The van der Waals surface area contributed by atoms with E-state index in [-0.39, 0.29) is 22.6 Å². The number of benzene rings is 1. The maximum absolute atomic E-state index is 13.6. The summed E-state index contributed by atoms with van der Waals surface area (Å²) in [5.74, 6) is -0.365. The minimum absolute atomic E-state index is 0.00120. The van der Waals surface area contributed by atoms with Crippen LogP contribution in [-0.4, -0.2) is 9.97 Å². The van der Waals surface area contributed by atoms with Gasteiger partial charge in [0.1, 0.15) is 0 Å². The maximum atomic E-state index is 13.6. The standard InChI is InChI=1S/C11H9ClFN3O/c1-6-5-15-11(14)16-10(6)17-8-4-2-3-7(12)9(8)13/h2-5H,1H3,(H2,14,15,16). The Morgan fingerprint density at radius 1 is 1.41 bits per heavy atom. The fourth-order valence-corrected chi connectivity index (χ4v) is 1.38. The van der Waals surface area contributed by atoms with Gasteiger partial charge >= 0.3 is 0 Å². The van der Waals surface area contributed by atoms with Crippen LogP contribution in [-0.2, 0) is 0 Å². The zero-order valence-electron chi connectivity index (χ0n) is 8.95. The van der Waals surface area contributed by atoms with Gasteiger partial charge in [-0.3, -0.25) is 0 Å². The first-order valence-electron chi connectivity index (χ1n) is 4.79. The zero-order valence-corrected chi connectivity index (χ0v) is 9.70. The van der Waals surface area contributed by atoms with E-state index in [1.807, 2.05) is 0 Å². The van der Waals surface area contributed by atoms with Crippen LogP contribution in [0.3, 0.4) is 0 Å². The van der Waals surface area contributed by atoms with Gasteiger partial charge < -0.3 is 10.5 Å². The van der Waals surface area contributed by atoms with E-state index in [1.54, 1.807) is 13.0 Å². The van der Waals surface area contributed by atoms with E-state index >= 15 is 0 Å². The number of ether oxygens (including phenoxy) is 1. The first kappa shape index (κ1) is 11.6. The molecule has 4 nitrogen and oxygen atoms in total. The summed E-state index contributed by atoms with van der Waals surface area (Å²) >= 11 is 5.64. The predicted molar refractivity (Wildman–Crippen MR) is 62.7 cm³/mol. The van der Waals surface area contributed by atoms with Crippen molar-refractivity contribution in [2.75, 3.05) is 5.73 Å². The van der Waals surface area contributed by atoms with Gasteiger partial charge in [0.2, 0.25) is 11.8 Å². The molecular formula is C11H9ClFN3O. The van der Waals surface area contributed by atoms with E-state index in [0.717, 1.165) is 0 Å². The van der Waals surface area contributed by atoms with Gasteiger partial charge in [-0.05, 0) is 19.1 Å². The molecule has 0 fully saturated rings. The molecule has 1 aromatic carbocycles. The average molecular weight is 254 g/mol. The second-order valence-corrected chi connectivity index (χ2v) is 3.78. The third-order valence-electron chi connectivity index (χ3n) is 2.07. The molecular weight excluding hydrogens is 245 g/mol. The monoisotopic (exact) mass is 253 g/mol. The number of nitrogen functional groups attached to an aromatic ring is 1. The summed E-state index contributed by atoms with van der Waals surface area (Å²) in [6.45, 7) is 1.73. The van der Waals surface area contributed by atoms with Crippen LogP contribution in [0, 0.1) is 12.7 Å². The molecule has 2 rings (SSSR count). The lowest BCUT2D eigenvalue weighted by atomic mass is 10.3. The molecule has 0 saturated heterocycles. The maximum Gasteiger partial charge on any atom is 0.227 e. The Kier molecular flexibility index (Phi) is 3.10. The molecule has 0 spiro atoms. The Balaban J connectivity index is 2.38. The number of nitrogens with two attached hydrogens (primary N) is 1. The van der Waals surface area contributed by atoms with Gasteiger partial charge in [-0.2, -0.15) is 4.98 Å². The molecule has 2 aromatic rings. The van der Waals surface area contributed by atoms with Gasteiger partial charge in [-0.15, -0.1) is 0 Å². The summed E-state index contributed by atoms with van der Waals surface area (Å²) < 4.78 is 18.9. The summed E-state index contributed by atoms with van der Waals surface area (Å²) in [5.41, 5.74) is 6.08. The van der Waals surface area contributed by atoms with E-state index in [4.69, 9.17) is 22.1 Å². The van der Waals surface area contributed by atoms with Gasteiger partial charge in [0, 0.05) is 11.8 Å². The van der Waals surface area contributed by atoms with Crippen LogP contribution in [0.15, 0.2) is 24.4 Å². The van der Waals surface area contributed by atoms with Gasteiger partial charge in [-0.25, -0.2) is 9.37 Å². The number of hydrogen-bond donors (Lipinski definition) is 1. The van der Waals surface area contributed by atoms with Crippen LogP contribution in [0.1, 0.15) is 5.56 Å². The summed E-state index contributed by atoms with van der Waals surface area (Å²) in [7, 11) is 0. The molecule has 0 unspecified atom stereocenters. The molecule has 1 heterocycles. The fourth-order valence-electron chi connectivity index (χ4n) is 1.21. The number of halogens is 2. The van der Waals surface area contributed by atoms with Crippen molar-refractivity contribution in [3.63, 3.8) is 0 Å². The Morgan fingerprint density at radius 2 is 2.18 bits per heavy atom. The van der Waals surface area contributed by atoms with Crippen LogP contribution in [0.2, 0.25) is 5.02 Å². The van der Waals surface area contributed by atoms with Crippen molar-refractivity contribution in [1.82, 2.24) is 9.97 Å². The quantitative estimate of drug-likeness (QED) is 0.894. The summed E-state index contributed by atoms with van der Waals surface area (Å²) in [6.07, 6.45) is 1.50. The molecule has 6 heteroatoms. The van der Waals surface area contributed by atoms with Crippen molar-refractivity contribution in [1.29, 1.82) is 0 Å². The normalized spacial score (nSPS) is 10.3. The van der Waals surface area contributed by atoms with E-state index in [2.05, 4.69) is 9.97 Å². The molecule has 0 aliphatic carbocycles. The number of aromatic nitrogens is 2. The molecule has 0 atom stereocenters. The second-order valence-electron chi connectivity index (χ2n) is 3.37. The molecule has 0 aliphatic heterocycles. The highest BCUT2D eigenvalue weighted by Gasteiger charge is 2.11. The van der Waals surface area contributed by atoms with Gasteiger partial charge in [0.25, 0.3) is 0 Å². The van der Waals surface area contributed by atoms with Crippen molar-refractivity contribution in [3.8, 4) is 11.6 Å². The van der Waals surface area contributed by atoms with Crippen molar-refractivity contribution < 1.29 is 9.13 Å². The zero-order chi connectivity index (χ0) is 12.4. The highest BCUT2D eigenvalue weighted by Crippen LogP contribution is 2.29. The van der Waals surface area contributed by atoms with E-state index in [9.17, 15) is 4.39 Å². The SMILES string of the molecule is Cc1cnc(N)nc1Oc1cccc(Cl)c1F. The fraction of sp³-hybridized carbons (Fsp3) is 0.0909. The summed E-state index contributed by atoms with van der Waals surface area (Å²) in [5, 5.41) is -0.0119. The third kappa shape index (κ3) is 2.45. The number of anilines is 1. The van der Waals surface area contributed by atoms with Crippen molar-refractivity contribution >= 4 is 17.5 Å². The number of aryl methyl sites for hydroxylation is 1. The molecule has 88 valence electrons. The Bertz CT molecular complexity index is 562. The summed E-state index contributed by atoms with van der Waals surface area (Å²) in [6, 6.07) is 4.48. The van der Waals surface area contributed by atoms with Crippen LogP contribution in [0.25, 0.3) is 0 Å². The Morgan fingerprint density at radius 3 is 2.94 bits per heavy atom. The van der Waals surface area contributed by atoms with Gasteiger partial charge in [-0.1, -0.05) is 17.7 Å². The van der Waals surface area contributed by atoms with Crippen LogP contribution in [0.4, 0.5) is 10.3 Å². The lowest BCUT2D eigenvalue weighted by Crippen LogP contribution is -1.99. The highest BCUT2D eigenvalue weighted by atomic mass is 35.5. The molecule has 17 heavy (non-hydrogen) atoms. The Hall–Kier alpha value is -1.88. The molecule has 0 bridgehead atoms. The molecule has 0 amide bonds. The molecule has 2 N–H and O–H groups in total. The van der Waals surface area contributed by atoms with Crippen molar-refractivity contribution in [2.24, 2.45) is 0 Å². The molecule has 0 saturated carbocycles.